The second kappa shape index (κ2) is 4.66. The molecule has 0 unspecified atom stereocenters. The third-order valence-electron chi connectivity index (χ3n) is 4.29. The zero-order valence-electron chi connectivity index (χ0n) is 10.1. The van der Waals surface area contributed by atoms with Gasteiger partial charge in [0.25, 0.3) is 0 Å². The molecule has 2 aliphatic rings. The van der Waals surface area contributed by atoms with E-state index >= 15 is 0 Å². The summed E-state index contributed by atoms with van der Waals surface area (Å²) in [5.41, 5.74) is 0.757. The van der Waals surface area contributed by atoms with E-state index in [0.717, 1.165) is 42.4 Å². The molecule has 1 saturated carbocycles. The molecular weight excluding hydrogens is 296 g/mol. The summed E-state index contributed by atoms with van der Waals surface area (Å²) in [5, 5.41) is 13.3. The van der Waals surface area contributed by atoms with Crippen LogP contribution in [0, 0.1) is 5.41 Å². The normalized spacial score (nSPS) is 30.4. The summed E-state index contributed by atoms with van der Waals surface area (Å²) in [6.07, 6.45) is 5.96. The van der Waals surface area contributed by atoms with Crippen molar-refractivity contribution >= 4 is 21.8 Å². The van der Waals surface area contributed by atoms with Gasteiger partial charge in [0.1, 0.15) is 0 Å². The van der Waals surface area contributed by atoms with Crippen molar-refractivity contribution in [1.29, 1.82) is 0 Å². The minimum Gasteiger partial charge on any atom is -0.350 e. The highest BCUT2D eigenvalue weighted by molar-refractivity contribution is 9.10. The van der Waals surface area contributed by atoms with Crippen molar-refractivity contribution in [3.63, 3.8) is 0 Å². The highest BCUT2D eigenvalue weighted by Crippen LogP contribution is 2.44. The van der Waals surface area contributed by atoms with Crippen molar-refractivity contribution < 1.29 is 4.79 Å². The molecule has 1 aromatic heterocycles. The molecule has 1 saturated heterocycles. The maximum Gasteiger partial charge on any atom is 0.228 e. The number of fused-ring (bicyclic) bond motifs is 1. The number of hydrogen-bond acceptors (Lipinski definition) is 3. The van der Waals surface area contributed by atoms with Gasteiger partial charge < -0.3 is 10.6 Å². The van der Waals surface area contributed by atoms with E-state index in [1.54, 1.807) is 6.20 Å². The molecule has 0 bridgehead atoms. The molecule has 5 nitrogen and oxygen atoms in total. The number of aromatic nitrogens is 2. The van der Waals surface area contributed by atoms with E-state index in [4.69, 9.17) is 0 Å². The molecule has 1 aromatic rings. The molecule has 2 heterocycles. The number of nitrogens with zero attached hydrogens (tertiary/aromatic N) is 1. The molecule has 2 fully saturated rings. The van der Waals surface area contributed by atoms with Crippen LogP contribution in [0.1, 0.15) is 31.4 Å². The molecule has 1 amide bonds. The summed E-state index contributed by atoms with van der Waals surface area (Å²) < 4.78 is 0.910. The summed E-state index contributed by atoms with van der Waals surface area (Å²) in [7, 11) is 0. The van der Waals surface area contributed by atoms with Crippen LogP contribution in [0.3, 0.4) is 0 Å². The standard InChI is InChI=1S/C12H17BrN4O/c13-8-6-16-17-9(8)7-15-11(18)12-3-1-2-10(12)14-5-4-12/h6,10,14H,1-5,7H2,(H,15,18)(H,16,17)/t10-,12+/m1/s1. The first-order valence-electron chi connectivity index (χ1n) is 6.42. The summed E-state index contributed by atoms with van der Waals surface area (Å²) in [4.78, 5) is 12.5. The van der Waals surface area contributed by atoms with Crippen LogP contribution in [0.25, 0.3) is 0 Å². The number of H-pyrrole nitrogens is 1. The summed E-state index contributed by atoms with van der Waals surface area (Å²) in [6.45, 7) is 1.47. The Morgan fingerprint density at radius 3 is 3.28 bits per heavy atom. The third-order valence-corrected chi connectivity index (χ3v) is 4.97. The fourth-order valence-electron chi connectivity index (χ4n) is 3.29. The Morgan fingerprint density at radius 1 is 1.61 bits per heavy atom. The lowest BCUT2D eigenvalue weighted by atomic mass is 9.81. The Morgan fingerprint density at radius 2 is 2.50 bits per heavy atom. The number of rotatable bonds is 3. The lowest BCUT2D eigenvalue weighted by Gasteiger charge is -2.27. The van der Waals surface area contributed by atoms with E-state index in [-0.39, 0.29) is 11.3 Å². The zero-order valence-corrected chi connectivity index (χ0v) is 11.7. The van der Waals surface area contributed by atoms with Gasteiger partial charge in [-0.2, -0.15) is 5.10 Å². The molecule has 0 spiro atoms. The maximum absolute atomic E-state index is 12.5. The van der Waals surface area contributed by atoms with Gasteiger partial charge in [-0.25, -0.2) is 0 Å². The van der Waals surface area contributed by atoms with Crippen LogP contribution in [-0.2, 0) is 11.3 Å². The predicted molar refractivity (Wildman–Crippen MR) is 70.8 cm³/mol. The molecule has 6 heteroatoms. The minimum absolute atomic E-state index is 0.160. The van der Waals surface area contributed by atoms with Crippen LogP contribution in [0.5, 0.6) is 0 Å². The van der Waals surface area contributed by atoms with E-state index in [0.29, 0.717) is 12.6 Å². The van der Waals surface area contributed by atoms with E-state index in [1.807, 2.05) is 0 Å². The topological polar surface area (TPSA) is 69.8 Å². The number of aromatic amines is 1. The van der Waals surface area contributed by atoms with Crippen molar-refractivity contribution in [2.24, 2.45) is 5.41 Å². The first-order valence-corrected chi connectivity index (χ1v) is 7.21. The van der Waals surface area contributed by atoms with Crippen molar-refractivity contribution in [2.45, 2.75) is 38.3 Å². The van der Waals surface area contributed by atoms with Gasteiger partial charge in [-0.15, -0.1) is 0 Å². The molecule has 3 rings (SSSR count). The van der Waals surface area contributed by atoms with E-state index in [1.165, 1.54) is 0 Å². The summed E-state index contributed by atoms with van der Waals surface area (Å²) in [6, 6.07) is 0.378. The van der Waals surface area contributed by atoms with Gasteiger partial charge in [0, 0.05) is 6.04 Å². The molecule has 1 aliphatic heterocycles. The maximum atomic E-state index is 12.5. The third kappa shape index (κ3) is 1.87. The molecule has 2 atom stereocenters. The lowest BCUT2D eigenvalue weighted by Crippen LogP contribution is -2.45. The van der Waals surface area contributed by atoms with E-state index in [9.17, 15) is 4.79 Å². The van der Waals surface area contributed by atoms with Gasteiger partial charge in [0.2, 0.25) is 5.91 Å². The largest absolute Gasteiger partial charge is 0.350 e. The van der Waals surface area contributed by atoms with Crippen molar-refractivity contribution in [1.82, 2.24) is 20.8 Å². The number of carbonyl (C=O) groups is 1. The fraction of sp³-hybridized carbons (Fsp3) is 0.667. The number of halogens is 1. The van der Waals surface area contributed by atoms with Crippen LogP contribution in [0.2, 0.25) is 0 Å². The molecular formula is C12H17BrN4O. The van der Waals surface area contributed by atoms with Crippen LogP contribution < -0.4 is 10.6 Å². The van der Waals surface area contributed by atoms with Gasteiger partial charge in [-0.3, -0.25) is 9.89 Å². The lowest BCUT2D eigenvalue weighted by molar-refractivity contribution is -0.131. The monoisotopic (exact) mass is 312 g/mol. The first kappa shape index (κ1) is 12.2. The quantitative estimate of drug-likeness (QED) is 0.788. The first-order chi connectivity index (χ1) is 8.72. The van der Waals surface area contributed by atoms with Gasteiger partial charge in [0.15, 0.2) is 0 Å². The zero-order chi connectivity index (χ0) is 12.6. The predicted octanol–water partition coefficient (Wildman–Crippen LogP) is 1.32. The number of hydrogen-bond donors (Lipinski definition) is 3. The average Bonchev–Trinajstić information content (AvgIpc) is 3.00. The van der Waals surface area contributed by atoms with Crippen LogP contribution >= 0.6 is 15.9 Å². The van der Waals surface area contributed by atoms with Crippen LogP contribution in [-0.4, -0.2) is 28.7 Å². The number of carbonyl (C=O) groups excluding carboxylic acids is 1. The average molecular weight is 313 g/mol. The molecule has 18 heavy (non-hydrogen) atoms. The van der Waals surface area contributed by atoms with Crippen LogP contribution in [0.4, 0.5) is 0 Å². The Hall–Kier alpha value is -0.880. The van der Waals surface area contributed by atoms with Crippen LogP contribution in [0.15, 0.2) is 10.7 Å². The fourth-order valence-corrected chi connectivity index (χ4v) is 3.62. The van der Waals surface area contributed by atoms with Crippen molar-refractivity contribution in [3.05, 3.63) is 16.4 Å². The summed E-state index contributed by atoms with van der Waals surface area (Å²) in [5.74, 6) is 0.191. The smallest absolute Gasteiger partial charge is 0.228 e. The second-order valence-corrected chi connectivity index (χ2v) is 6.04. The second-order valence-electron chi connectivity index (χ2n) is 5.18. The highest BCUT2D eigenvalue weighted by atomic mass is 79.9. The molecule has 0 aromatic carbocycles. The van der Waals surface area contributed by atoms with E-state index < -0.39 is 0 Å². The minimum atomic E-state index is -0.160. The molecule has 0 radical (unpaired) electrons. The van der Waals surface area contributed by atoms with Gasteiger partial charge in [-0.05, 0) is 41.7 Å². The molecule has 1 aliphatic carbocycles. The van der Waals surface area contributed by atoms with Crippen molar-refractivity contribution in [3.8, 4) is 0 Å². The van der Waals surface area contributed by atoms with Gasteiger partial charge >= 0.3 is 0 Å². The Bertz CT molecular complexity index is 449. The SMILES string of the molecule is O=C(NCc1[nH]ncc1Br)[C@]12CCC[C@H]1NCC2. The highest BCUT2D eigenvalue weighted by Gasteiger charge is 2.51. The number of amides is 1. The Kier molecular flexibility index (Phi) is 3.15. The van der Waals surface area contributed by atoms with Gasteiger partial charge in [-0.1, -0.05) is 6.42 Å². The molecule has 98 valence electrons. The van der Waals surface area contributed by atoms with Crippen molar-refractivity contribution in [2.75, 3.05) is 6.54 Å². The number of nitrogens with one attached hydrogen (secondary N) is 3. The van der Waals surface area contributed by atoms with Gasteiger partial charge in [0.05, 0.1) is 28.3 Å². The Labute approximate surface area is 114 Å². The van der Waals surface area contributed by atoms with E-state index in [2.05, 4.69) is 36.8 Å². The summed E-state index contributed by atoms with van der Waals surface area (Å²) >= 11 is 3.40. The Balaban J connectivity index is 1.66. The molecule has 3 N–H and O–H groups in total.